The van der Waals surface area contributed by atoms with Crippen molar-refractivity contribution in [1.82, 2.24) is 0 Å². The molecule has 2 rings (SSSR count). The molecule has 0 saturated heterocycles. The van der Waals surface area contributed by atoms with Crippen molar-refractivity contribution in [3.05, 3.63) is 33.7 Å². The van der Waals surface area contributed by atoms with Gasteiger partial charge in [0.15, 0.2) is 0 Å². The zero-order chi connectivity index (χ0) is 10.1. The molecule has 0 radical (unpaired) electrons. The second-order valence-electron chi connectivity index (χ2n) is 3.19. The van der Waals surface area contributed by atoms with Gasteiger partial charge in [-0.1, -0.05) is 11.6 Å². The summed E-state index contributed by atoms with van der Waals surface area (Å²) < 4.78 is 1.24. The summed E-state index contributed by atoms with van der Waals surface area (Å²) in [6.45, 7) is 2.04. The molecule has 14 heavy (non-hydrogen) atoms. The number of thiophene rings is 1. The Labute approximate surface area is 91.5 Å². The van der Waals surface area contributed by atoms with E-state index >= 15 is 0 Å². The van der Waals surface area contributed by atoms with Crippen LogP contribution < -0.4 is 0 Å². The van der Waals surface area contributed by atoms with Crippen LogP contribution in [0, 0.1) is 18.3 Å². The van der Waals surface area contributed by atoms with Gasteiger partial charge >= 0.3 is 0 Å². The third-order valence-corrected chi connectivity index (χ3v) is 3.58. The zero-order valence-corrected chi connectivity index (χ0v) is 9.25. The van der Waals surface area contributed by atoms with Gasteiger partial charge in [-0.05, 0) is 36.1 Å². The van der Waals surface area contributed by atoms with Crippen LogP contribution >= 0.6 is 22.9 Å². The first-order chi connectivity index (χ1) is 6.70. The van der Waals surface area contributed by atoms with E-state index in [0.717, 1.165) is 15.3 Å². The minimum atomic E-state index is 0.483. The summed E-state index contributed by atoms with van der Waals surface area (Å²) >= 11 is 7.63. The maximum atomic E-state index is 8.60. The van der Waals surface area contributed by atoms with E-state index in [9.17, 15) is 0 Å². The van der Waals surface area contributed by atoms with E-state index < -0.39 is 0 Å². The first kappa shape index (κ1) is 9.51. The Bertz CT molecular complexity index is 522. The lowest BCUT2D eigenvalue weighted by atomic mass is 10.2. The molecule has 0 atom stereocenters. The first-order valence-electron chi connectivity index (χ1n) is 4.26. The fraction of sp³-hybridized carbons (Fsp3) is 0.182. The number of fused-ring (bicyclic) bond motifs is 1. The van der Waals surface area contributed by atoms with Crippen molar-refractivity contribution in [2.24, 2.45) is 0 Å². The summed E-state index contributed by atoms with van der Waals surface area (Å²) in [6.07, 6.45) is 0.483. The van der Waals surface area contributed by atoms with Gasteiger partial charge in [-0.2, -0.15) is 5.26 Å². The van der Waals surface area contributed by atoms with Crippen LogP contribution in [-0.4, -0.2) is 0 Å². The Morgan fingerprint density at radius 2 is 2.21 bits per heavy atom. The molecule has 1 aromatic heterocycles. The maximum absolute atomic E-state index is 8.60. The van der Waals surface area contributed by atoms with E-state index in [2.05, 4.69) is 6.07 Å². The third-order valence-electron chi connectivity index (χ3n) is 2.07. The molecule has 0 aliphatic carbocycles. The van der Waals surface area contributed by atoms with Crippen molar-refractivity contribution in [2.75, 3.05) is 0 Å². The number of rotatable bonds is 1. The fourth-order valence-corrected chi connectivity index (χ4v) is 2.82. The SMILES string of the molecule is Cc1cc(Cl)cc2cc(CC#N)sc12. The lowest BCUT2D eigenvalue weighted by molar-refractivity contribution is 1.32. The number of nitriles is 1. The van der Waals surface area contributed by atoms with E-state index in [1.54, 1.807) is 11.3 Å². The summed E-state index contributed by atoms with van der Waals surface area (Å²) in [5.41, 5.74) is 1.18. The average molecular weight is 222 g/mol. The Balaban J connectivity index is 2.66. The zero-order valence-electron chi connectivity index (χ0n) is 7.67. The molecule has 0 saturated carbocycles. The summed E-state index contributed by atoms with van der Waals surface area (Å²) in [6, 6.07) is 8.10. The van der Waals surface area contributed by atoms with Crippen molar-refractivity contribution >= 4 is 33.0 Å². The number of halogens is 1. The molecule has 1 heterocycles. The molecule has 1 nitrogen and oxygen atoms in total. The normalized spacial score (nSPS) is 10.4. The number of hydrogen-bond acceptors (Lipinski definition) is 2. The maximum Gasteiger partial charge on any atom is 0.0696 e. The van der Waals surface area contributed by atoms with Crippen molar-refractivity contribution < 1.29 is 0 Å². The standard InChI is InChI=1S/C11H8ClNS/c1-7-4-9(12)5-8-6-10(2-3-13)14-11(7)8/h4-6H,2H2,1H3. The molecule has 70 valence electrons. The molecule has 0 N–H and O–H groups in total. The van der Waals surface area contributed by atoms with Crippen LogP contribution in [0.5, 0.6) is 0 Å². The molecule has 0 bridgehead atoms. The quantitative estimate of drug-likeness (QED) is 0.716. The molecule has 1 aromatic carbocycles. The molecule has 2 aromatic rings. The van der Waals surface area contributed by atoms with Gasteiger partial charge in [-0.15, -0.1) is 11.3 Å². The van der Waals surface area contributed by atoms with E-state index in [4.69, 9.17) is 16.9 Å². The van der Waals surface area contributed by atoms with Gasteiger partial charge in [0, 0.05) is 14.6 Å². The van der Waals surface area contributed by atoms with Crippen LogP contribution in [0.4, 0.5) is 0 Å². The molecule has 0 aliphatic rings. The Hall–Kier alpha value is -1.04. The summed E-state index contributed by atoms with van der Waals surface area (Å²) in [4.78, 5) is 1.10. The van der Waals surface area contributed by atoms with Crippen molar-refractivity contribution in [3.63, 3.8) is 0 Å². The van der Waals surface area contributed by atoms with E-state index in [-0.39, 0.29) is 0 Å². The van der Waals surface area contributed by atoms with Gasteiger partial charge < -0.3 is 0 Å². The molecule has 0 unspecified atom stereocenters. The minimum absolute atomic E-state index is 0.483. The van der Waals surface area contributed by atoms with Crippen LogP contribution in [0.3, 0.4) is 0 Å². The molecule has 0 amide bonds. The lowest BCUT2D eigenvalue weighted by Crippen LogP contribution is -1.71. The van der Waals surface area contributed by atoms with Crippen LogP contribution in [0.15, 0.2) is 18.2 Å². The van der Waals surface area contributed by atoms with Crippen LogP contribution in [0.2, 0.25) is 5.02 Å². The summed E-state index contributed by atoms with van der Waals surface area (Å²) in [5.74, 6) is 0. The number of benzene rings is 1. The van der Waals surface area contributed by atoms with E-state index in [0.29, 0.717) is 6.42 Å². The Morgan fingerprint density at radius 3 is 2.93 bits per heavy atom. The summed E-state index contributed by atoms with van der Waals surface area (Å²) in [7, 11) is 0. The fourth-order valence-electron chi connectivity index (χ4n) is 1.50. The van der Waals surface area contributed by atoms with Gasteiger partial charge in [-0.25, -0.2) is 0 Å². The largest absolute Gasteiger partial charge is 0.198 e. The smallest absolute Gasteiger partial charge is 0.0696 e. The number of hydrogen-bond donors (Lipinski definition) is 0. The second-order valence-corrected chi connectivity index (χ2v) is 4.76. The number of aryl methyl sites for hydroxylation is 1. The summed E-state index contributed by atoms with van der Waals surface area (Å²) in [5, 5.41) is 10.5. The third kappa shape index (κ3) is 1.61. The molecule has 0 spiro atoms. The van der Waals surface area contributed by atoms with Crippen LogP contribution in [0.1, 0.15) is 10.4 Å². The van der Waals surface area contributed by atoms with Crippen LogP contribution in [-0.2, 0) is 6.42 Å². The molecular formula is C11H8ClNS. The molecular weight excluding hydrogens is 214 g/mol. The van der Waals surface area contributed by atoms with Gasteiger partial charge in [0.1, 0.15) is 0 Å². The topological polar surface area (TPSA) is 23.8 Å². The van der Waals surface area contributed by atoms with E-state index in [1.807, 2.05) is 25.1 Å². The number of nitrogens with zero attached hydrogens (tertiary/aromatic N) is 1. The van der Waals surface area contributed by atoms with Crippen molar-refractivity contribution in [1.29, 1.82) is 5.26 Å². The predicted octanol–water partition coefficient (Wildman–Crippen LogP) is 3.93. The Kier molecular flexibility index (Phi) is 2.45. The highest BCUT2D eigenvalue weighted by Gasteiger charge is 2.05. The predicted molar refractivity (Wildman–Crippen MR) is 60.9 cm³/mol. The average Bonchev–Trinajstić information content (AvgIpc) is 2.48. The minimum Gasteiger partial charge on any atom is -0.198 e. The molecule has 3 heteroatoms. The molecule has 0 fully saturated rings. The van der Waals surface area contributed by atoms with Crippen molar-refractivity contribution in [2.45, 2.75) is 13.3 Å². The molecule has 0 aliphatic heterocycles. The second kappa shape index (κ2) is 3.61. The van der Waals surface area contributed by atoms with Gasteiger partial charge in [0.25, 0.3) is 0 Å². The first-order valence-corrected chi connectivity index (χ1v) is 5.45. The van der Waals surface area contributed by atoms with Gasteiger partial charge in [0.05, 0.1) is 12.5 Å². The van der Waals surface area contributed by atoms with Crippen LogP contribution in [0.25, 0.3) is 10.1 Å². The monoisotopic (exact) mass is 221 g/mol. The highest BCUT2D eigenvalue weighted by molar-refractivity contribution is 7.19. The van der Waals surface area contributed by atoms with Crippen molar-refractivity contribution in [3.8, 4) is 6.07 Å². The lowest BCUT2D eigenvalue weighted by Gasteiger charge is -1.95. The highest BCUT2D eigenvalue weighted by Crippen LogP contribution is 2.31. The van der Waals surface area contributed by atoms with Gasteiger partial charge in [-0.3, -0.25) is 0 Å². The van der Waals surface area contributed by atoms with Gasteiger partial charge in [0.2, 0.25) is 0 Å². The Morgan fingerprint density at radius 1 is 1.43 bits per heavy atom. The van der Waals surface area contributed by atoms with E-state index in [1.165, 1.54) is 10.3 Å². The highest BCUT2D eigenvalue weighted by atomic mass is 35.5.